The van der Waals surface area contributed by atoms with Crippen LogP contribution in [-0.4, -0.2) is 61.4 Å². The molecule has 2 aromatic carbocycles. The maximum Gasteiger partial charge on any atom is 0.407 e. The van der Waals surface area contributed by atoms with Crippen molar-refractivity contribution in [2.75, 3.05) is 26.4 Å². The zero-order chi connectivity index (χ0) is 23.6. The van der Waals surface area contributed by atoms with Crippen molar-refractivity contribution in [2.45, 2.75) is 17.9 Å². The number of alkyl carbamates (subject to hydrolysis) is 1. The van der Waals surface area contributed by atoms with Crippen LogP contribution >= 0.6 is 0 Å². The molecule has 1 fully saturated rings. The maximum atomic E-state index is 13.2. The van der Waals surface area contributed by atoms with Crippen molar-refractivity contribution in [3.05, 3.63) is 59.7 Å². The Morgan fingerprint density at radius 3 is 2.24 bits per heavy atom. The van der Waals surface area contributed by atoms with E-state index in [1.807, 2.05) is 53.8 Å². The number of halogens is 2. The molecule has 8 nitrogen and oxygen atoms in total. The Morgan fingerprint density at radius 2 is 1.64 bits per heavy atom. The average Bonchev–Trinajstić information content (AvgIpc) is 3.38. The highest BCUT2D eigenvalue weighted by atomic mass is 19.3. The van der Waals surface area contributed by atoms with Crippen molar-refractivity contribution in [3.8, 4) is 11.1 Å². The maximum absolute atomic E-state index is 13.2. The summed E-state index contributed by atoms with van der Waals surface area (Å²) in [6.45, 7) is -1.37. The molecule has 174 valence electrons. The number of rotatable bonds is 7. The van der Waals surface area contributed by atoms with Crippen molar-refractivity contribution >= 4 is 18.0 Å². The number of aliphatic carboxylic acids is 1. The van der Waals surface area contributed by atoms with Gasteiger partial charge in [0.05, 0.1) is 31.7 Å². The molecular formula is C23H22F2N2O6. The molecule has 2 aliphatic rings. The van der Waals surface area contributed by atoms with Crippen molar-refractivity contribution in [3.63, 3.8) is 0 Å². The van der Waals surface area contributed by atoms with Crippen molar-refractivity contribution in [1.29, 1.82) is 0 Å². The fraction of sp³-hybridized carbons (Fsp3) is 0.348. The highest BCUT2D eigenvalue weighted by Gasteiger charge is 2.41. The molecule has 10 heteroatoms. The lowest BCUT2D eigenvalue weighted by Crippen LogP contribution is -2.49. The third-order valence-corrected chi connectivity index (χ3v) is 5.86. The van der Waals surface area contributed by atoms with Gasteiger partial charge in [-0.05, 0) is 22.3 Å². The van der Waals surface area contributed by atoms with E-state index in [2.05, 4.69) is 5.32 Å². The van der Waals surface area contributed by atoms with Crippen LogP contribution in [0.1, 0.15) is 17.0 Å². The van der Waals surface area contributed by atoms with E-state index < -0.39 is 42.4 Å². The first kappa shape index (κ1) is 22.7. The molecule has 0 saturated carbocycles. The fourth-order valence-corrected chi connectivity index (χ4v) is 4.15. The summed E-state index contributed by atoms with van der Waals surface area (Å²) in [6, 6.07) is 14.9. The molecule has 0 bridgehead atoms. The largest absolute Gasteiger partial charge is 0.477 e. The van der Waals surface area contributed by atoms with Crippen LogP contribution in [0.3, 0.4) is 0 Å². The minimum absolute atomic E-state index is 0.00238. The third-order valence-electron chi connectivity index (χ3n) is 5.86. The zero-order valence-corrected chi connectivity index (χ0v) is 17.4. The van der Waals surface area contributed by atoms with Gasteiger partial charge >= 0.3 is 18.0 Å². The van der Waals surface area contributed by atoms with E-state index in [1.54, 1.807) is 0 Å². The van der Waals surface area contributed by atoms with Gasteiger partial charge in [0.25, 0.3) is 0 Å². The molecule has 2 amide bonds. The number of carbonyl (C=O) groups is 3. The van der Waals surface area contributed by atoms with Gasteiger partial charge in [0.2, 0.25) is 5.91 Å². The predicted molar refractivity (Wildman–Crippen MR) is 112 cm³/mol. The Bertz CT molecular complexity index is 1030. The van der Waals surface area contributed by atoms with E-state index in [-0.39, 0.29) is 25.7 Å². The van der Waals surface area contributed by atoms with E-state index in [9.17, 15) is 23.2 Å². The highest BCUT2D eigenvalue weighted by molar-refractivity contribution is 5.83. The Labute approximate surface area is 187 Å². The Morgan fingerprint density at radius 1 is 1.03 bits per heavy atom. The summed E-state index contributed by atoms with van der Waals surface area (Å²) in [5.74, 6) is -8.35. The van der Waals surface area contributed by atoms with Crippen LogP contribution in [0.5, 0.6) is 0 Å². The van der Waals surface area contributed by atoms with E-state index >= 15 is 0 Å². The Kier molecular flexibility index (Phi) is 6.28. The minimum atomic E-state index is -4.09. The van der Waals surface area contributed by atoms with Gasteiger partial charge in [-0.25, -0.2) is 9.59 Å². The van der Waals surface area contributed by atoms with Crippen LogP contribution in [0.25, 0.3) is 11.1 Å². The number of hydrogen-bond donors (Lipinski definition) is 3. The van der Waals surface area contributed by atoms with Crippen LogP contribution in [0.15, 0.2) is 48.5 Å². The molecule has 3 N–H and O–H groups in total. The van der Waals surface area contributed by atoms with Gasteiger partial charge in [-0.1, -0.05) is 48.5 Å². The SMILES string of the molecule is O=C(NC1COCC1C(=O)NCC(F)(F)C(=O)O)OCC1c2ccccc2-c2ccccc21. The summed E-state index contributed by atoms with van der Waals surface area (Å²) in [4.78, 5) is 35.2. The van der Waals surface area contributed by atoms with Crippen LogP contribution in [0.4, 0.5) is 13.6 Å². The van der Waals surface area contributed by atoms with E-state index in [0.717, 1.165) is 22.3 Å². The summed E-state index contributed by atoms with van der Waals surface area (Å²) in [7, 11) is 0. The van der Waals surface area contributed by atoms with Gasteiger partial charge in [-0.2, -0.15) is 8.78 Å². The number of carbonyl (C=O) groups excluding carboxylic acids is 2. The first-order valence-electron chi connectivity index (χ1n) is 10.4. The normalized spacial score (nSPS) is 19.5. The number of carboxylic acid groups (broad SMARTS) is 1. The number of amides is 2. The monoisotopic (exact) mass is 460 g/mol. The third kappa shape index (κ3) is 4.65. The number of nitrogens with one attached hydrogen (secondary N) is 2. The molecular weight excluding hydrogens is 438 g/mol. The molecule has 1 heterocycles. The highest BCUT2D eigenvalue weighted by Crippen LogP contribution is 2.44. The number of fused-ring (bicyclic) bond motifs is 3. The molecule has 2 unspecified atom stereocenters. The van der Waals surface area contributed by atoms with Gasteiger partial charge in [0.1, 0.15) is 6.61 Å². The molecule has 2 atom stereocenters. The zero-order valence-electron chi connectivity index (χ0n) is 17.4. The first-order valence-corrected chi connectivity index (χ1v) is 10.4. The van der Waals surface area contributed by atoms with Crippen LogP contribution in [0, 0.1) is 5.92 Å². The molecule has 0 spiro atoms. The topological polar surface area (TPSA) is 114 Å². The van der Waals surface area contributed by atoms with Gasteiger partial charge in [0, 0.05) is 5.92 Å². The first-order chi connectivity index (χ1) is 15.8. The summed E-state index contributed by atoms with van der Waals surface area (Å²) in [6.07, 6.45) is -0.763. The van der Waals surface area contributed by atoms with Crippen molar-refractivity contribution in [1.82, 2.24) is 10.6 Å². The van der Waals surface area contributed by atoms with Crippen LogP contribution in [0.2, 0.25) is 0 Å². The summed E-state index contributed by atoms with van der Waals surface area (Å²) in [5, 5.41) is 12.9. The number of ether oxygens (including phenoxy) is 2. The second kappa shape index (κ2) is 9.14. The fourth-order valence-electron chi connectivity index (χ4n) is 4.15. The summed E-state index contributed by atoms with van der Waals surface area (Å²) in [5.41, 5.74) is 4.27. The lowest BCUT2D eigenvalue weighted by molar-refractivity contribution is -0.164. The molecule has 2 aromatic rings. The average molecular weight is 460 g/mol. The Hall–Kier alpha value is -3.53. The number of alkyl halides is 2. The lowest BCUT2D eigenvalue weighted by Gasteiger charge is -2.20. The van der Waals surface area contributed by atoms with Crippen molar-refractivity contribution < 1.29 is 37.7 Å². The number of benzene rings is 2. The molecule has 33 heavy (non-hydrogen) atoms. The summed E-state index contributed by atoms with van der Waals surface area (Å²) >= 11 is 0. The minimum Gasteiger partial charge on any atom is -0.477 e. The van der Waals surface area contributed by atoms with Gasteiger partial charge < -0.3 is 25.2 Å². The van der Waals surface area contributed by atoms with E-state index in [1.165, 1.54) is 0 Å². The van der Waals surface area contributed by atoms with Crippen molar-refractivity contribution in [2.24, 2.45) is 5.92 Å². The van der Waals surface area contributed by atoms with Gasteiger partial charge in [-0.15, -0.1) is 0 Å². The quantitative estimate of drug-likeness (QED) is 0.585. The Balaban J connectivity index is 1.34. The predicted octanol–water partition coefficient (Wildman–Crippen LogP) is 2.38. The standard InChI is InChI=1S/C23H22F2N2O6/c24-23(25,21(29)30)12-26-20(28)18-9-32-11-19(18)27-22(31)33-10-17-15-7-3-1-5-13(15)14-6-2-4-8-16(14)17/h1-8,17-19H,9-12H2,(H,26,28)(H,27,31)(H,29,30). The van der Waals surface area contributed by atoms with Crippen LogP contribution < -0.4 is 10.6 Å². The molecule has 0 aromatic heterocycles. The smallest absolute Gasteiger partial charge is 0.407 e. The summed E-state index contributed by atoms with van der Waals surface area (Å²) < 4.78 is 37.1. The van der Waals surface area contributed by atoms with Crippen LogP contribution in [-0.2, 0) is 19.1 Å². The number of hydrogen-bond acceptors (Lipinski definition) is 5. The van der Waals surface area contributed by atoms with E-state index in [4.69, 9.17) is 14.6 Å². The van der Waals surface area contributed by atoms with Gasteiger partial charge in [0.15, 0.2) is 0 Å². The number of carboxylic acids is 1. The lowest BCUT2D eigenvalue weighted by atomic mass is 9.98. The molecule has 1 aliphatic carbocycles. The molecule has 1 saturated heterocycles. The van der Waals surface area contributed by atoms with E-state index in [0.29, 0.717) is 0 Å². The second-order valence-corrected chi connectivity index (χ2v) is 7.95. The molecule has 0 radical (unpaired) electrons. The second-order valence-electron chi connectivity index (χ2n) is 7.95. The van der Waals surface area contributed by atoms with Gasteiger partial charge in [-0.3, -0.25) is 4.79 Å². The molecule has 1 aliphatic heterocycles. The molecule has 4 rings (SSSR count).